The molecule has 0 saturated carbocycles. The first kappa shape index (κ1) is 12.2. The van der Waals surface area contributed by atoms with Gasteiger partial charge in [0.15, 0.2) is 0 Å². The molecule has 0 aromatic rings. The maximum atomic E-state index is 11.4. The summed E-state index contributed by atoms with van der Waals surface area (Å²) in [6.45, 7) is 0. The maximum Gasteiger partial charge on any atom is 0.133 e. The first-order valence-electron chi connectivity index (χ1n) is 6.21. The van der Waals surface area contributed by atoms with Crippen LogP contribution in [0.3, 0.4) is 0 Å². The van der Waals surface area contributed by atoms with E-state index in [9.17, 15) is 4.79 Å². The van der Waals surface area contributed by atoms with Crippen molar-refractivity contribution < 1.29 is 4.79 Å². The number of carbonyl (C=O) groups is 1. The van der Waals surface area contributed by atoms with Gasteiger partial charge in [-0.3, -0.25) is 4.79 Å². The van der Waals surface area contributed by atoms with Gasteiger partial charge in [0, 0.05) is 12.8 Å². The number of hydrogen-bond donors (Lipinski definition) is 0. The third kappa shape index (κ3) is 7.12. The average Bonchev–Trinajstić information content (AvgIpc) is 2.24. The molecular formula is C14H22O. The Balaban J connectivity index is 2.29. The number of Topliss-reactive ketones (excluding diaryl/α,β-unsaturated/α-hetero) is 1. The molecule has 84 valence electrons. The lowest BCUT2D eigenvalue weighted by molar-refractivity contribution is -0.119. The second kappa shape index (κ2) is 8.46. The fraction of sp³-hybridized carbons (Fsp3) is 0.643. The predicted octanol–water partition coefficient (Wildman–Crippen LogP) is 4.19. The summed E-state index contributed by atoms with van der Waals surface area (Å²) in [5.74, 6) is 0.421. The van der Waals surface area contributed by atoms with Crippen molar-refractivity contribution >= 4 is 5.78 Å². The fourth-order valence-corrected chi connectivity index (χ4v) is 1.78. The molecule has 15 heavy (non-hydrogen) atoms. The minimum atomic E-state index is 0.421. The van der Waals surface area contributed by atoms with Gasteiger partial charge >= 0.3 is 0 Å². The Morgan fingerprint density at radius 1 is 0.667 bits per heavy atom. The van der Waals surface area contributed by atoms with Crippen LogP contribution in [0.2, 0.25) is 0 Å². The number of rotatable bonds is 0. The zero-order valence-corrected chi connectivity index (χ0v) is 9.58. The highest BCUT2D eigenvalue weighted by Gasteiger charge is 1.99. The summed E-state index contributed by atoms with van der Waals surface area (Å²) < 4.78 is 0. The number of allylic oxidation sites excluding steroid dienone is 4. The van der Waals surface area contributed by atoms with Crippen molar-refractivity contribution in [2.45, 2.75) is 57.8 Å². The summed E-state index contributed by atoms with van der Waals surface area (Å²) in [6.07, 6.45) is 18.4. The number of hydrogen-bond acceptors (Lipinski definition) is 1. The molecule has 0 N–H and O–H groups in total. The molecule has 0 aliphatic heterocycles. The van der Waals surface area contributed by atoms with Crippen LogP contribution in [0.5, 0.6) is 0 Å². The van der Waals surface area contributed by atoms with Crippen molar-refractivity contribution in [3.63, 3.8) is 0 Å². The van der Waals surface area contributed by atoms with Crippen molar-refractivity contribution in [1.29, 1.82) is 0 Å². The van der Waals surface area contributed by atoms with Gasteiger partial charge in [-0.25, -0.2) is 0 Å². The van der Waals surface area contributed by atoms with Gasteiger partial charge in [-0.15, -0.1) is 0 Å². The highest BCUT2D eigenvalue weighted by Crippen LogP contribution is 2.07. The topological polar surface area (TPSA) is 17.1 Å². The van der Waals surface area contributed by atoms with Gasteiger partial charge in [0.25, 0.3) is 0 Å². The molecular weight excluding hydrogens is 184 g/mol. The van der Waals surface area contributed by atoms with E-state index in [0.29, 0.717) is 5.78 Å². The molecule has 0 saturated heterocycles. The zero-order valence-electron chi connectivity index (χ0n) is 9.58. The van der Waals surface area contributed by atoms with E-state index < -0.39 is 0 Å². The Kier molecular flexibility index (Phi) is 6.89. The minimum Gasteiger partial charge on any atom is -0.300 e. The normalized spacial score (nSPS) is 21.2. The van der Waals surface area contributed by atoms with E-state index in [-0.39, 0.29) is 0 Å². The zero-order chi connectivity index (χ0) is 10.8. The molecule has 0 spiro atoms. The minimum absolute atomic E-state index is 0.421. The molecule has 0 heterocycles. The van der Waals surface area contributed by atoms with Gasteiger partial charge in [-0.1, -0.05) is 24.3 Å². The summed E-state index contributed by atoms with van der Waals surface area (Å²) in [6, 6.07) is 0. The van der Waals surface area contributed by atoms with Crippen LogP contribution in [-0.4, -0.2) is 5.78 Å². The summed E-state index contributed by atoms with van der Waals surface area (Å²) in [5.41, 5.74) is 0. The highest BCUT2D eigenvalue weighted by atomic mass is 16.1. The van der Waals surface area contributed by atoms with E-state index in [2.05, 4.69) is 24.3 Å². The first-order chi connectivity index (χ1) is 7.39. The van der Waals surface area contributed by atoms with E-state index in [4.69, 9.17) is 0 Å². The molecule has 1 aliphatic carbocycles. The molecule has 1 rings (SSSR count). The van der Waals surface area contributed by atoms with E-state index in [1.165, 1.54) is 25.7 Å². The monoisotopic (exact) mass is 206 g/mol. The van der Waals surface area contributed by atoms with E-state index in [1.807, 2.05) is 0 Å². The summed E-state index contributed by atoms with van der Waals surface area (Å²) >= 11 is 0. The largest absolute Gasteiger partial charge is 0.300 e. The fourth-order valence-electron chi connectivity index (χ4n) is 1.78. The van der Waals surface area contributed by atoms with E-state index in [0.717, 1.165) is 32.1 Å². The van der Waals surface area contributed by atoms with Crippen molar-refractivity contribution in [1.82, 2.24) is 0 Å². The molecule has 0 aromatic heterocycles. The standard InChI is InChI=1S/C14H22O/c15-14-12-10-8-6-4-2-1-3-5-7-9-11-13-14/h4,6-7,9H,1-3,5,8,10-13H2. The van der Waals surface area contributed by atoms with Gasteiger partial charge in [0.2, 0.25) is 0 Å². The van der Waals surface area contributed by atoms with Crippen LogP contribution >= 0.6 is 0 Å². The molecule has 1 nitrogen and oxygen atoms in total. The molecule has 0 aromatic carbocycles. The van der Waals surface area contributed by atoms with Gasteiger partial charge in [0.1, 0.15) is 5.78 Å². The lowest BCUT2D eigenvalue weighted by Crippen LogP contribution is -1.96. The molecule has 0 atom stereocenters. The van der Waals surface area contributed by atoms with Gasteiger partial charge in [-0.2, -0.15) is 0 Å². The molecule has 0 bridgehead atoms. The molecule has 1 aliphatic rings. The molecule has 0 amide bonds. The Morgan fingerprint density at radius 3 is 1.87 bits per heavy atom. The first-order valence-corrected chi connectivity index (χ1v) is 6.21. The molecule has 0 fully saturated rings. The number of carbonyl (C=O) groups excluding carboxylic acids is 1. The highest BCUT2D eigenvalue weighted by molar-refractivity contribution is 5.78. The Labute approximate surface area is 93.3 Å². The quantitative estimate of drug-likeness (QED) is 0.543. The maximum absolute atomic E-state index is 11.4. The van der Waals surface area contributed by atoms with Gasteiger partial charge < -0.3 is 0 Å². The van der Waals surface area contributed by atoms with Gasteiger partial charge in [-0.05, 0) is 44.9 Å². The van der Waals surface area contributed by atoms with Crippen LogP contribution < -0.4 is 0 Å². The third-order valence-electron chi connectivity index (χ3n) is 2.74. The van der Waals surface area contributed by atoms with E-state index >= 15 is 0 Å². The molecule has 0 radical (unpaired) electrons. The van der Waals surface area contributed by atoms with Gasteiger partial charge in [0.05, 0.1) is 0 Å². The lowest BCUT2D eigenvalue weighted by atomic mass is 10.1. The Bertz CT molecular complexity index is 225. The van der Waals surface area contributed by atoms with Crippen LogP contribution in [0.25, 0.3) is 0 Å². The average molecular weight is 206 g/mol. The second-order valence-corrected chi connectivity index (χ2v) is 4.20. The number of ketones is 1. The van der Waals surface area contributed by atoms with Crippen molar-refractivity contribution in [2.24, 2.45) is 0 Å². The Hall–Kier alpha value is -0.850. The summed E-state index contributed by atoms with van der Waals surface area (Å²) in [7, 11) is 0. The second-order valence-electron chi connectivity index (χ2n) is 4.20. The predicted molar refractivity (Wildman–Crippen MR) is 64.8 cm³/mol. The molecule has 1 heteroatoms. The smallest absolute Gasteiger partial charge is 0.133 e. The van der Waals surface area contributed by atoms with Crippen LogP contribution in [0.4, 0.5) is 0 Å². The van der Waals surface area contributed by atoms with Crippen molar-refractivity contribution in [3.8, 4) is 0 Å². The lowest BCUT2D eigenvalue weighted by Gasteiger charge is -1.99. The van der Waals surface area contributed by atoms with Crippen LogP contribution in [0, 0.1) is 0 Å². The molecule has 0 unspecified atom stereocenters. The summed E-state index contributed by atoms with van der Waals surface area (Å²) in [4.78, 5) is 11.4. The van der Waals surface area contributed by atoms with Crippen molar-refractivity contribution in [2.75, 3.05) is 0 Å². The van der Waals surface area contributed by atoms with Crippen molar-refractivity contribution in [3.05, 3.63) is 24.3 Å². The summed E-state index contributed by atoms with van der Waals surface area (Å²) in [5, 5.41) is 0. The van der Waals surface area contributed by atoms with E-state index in [1.54, 1.807) is 0 Å². The third-order valence-corrected chi connectivity index (χ3v) is 2.74. The van der Waals surface area contributed by atoms with Crippen LogP contribution in [-0.2, 0) is 4.79 Å². The van der Waals surface area contributed by atoms with Crippen LogP contribution in [0.1, 0.15) is 57.8 Å². The Morgan fingerprint density at radius 2 is 1.20 bits per heavy atom. The van der Waals surface area contributed by atoms with Crippen LogP contribution in [0.15, 0.2) is 24.3 Å². The SMILES string of the molecule is O=C1CCC=CCCCCC=CCCC1.